The molecule has 2 N–H and O–H groups in total. The summed E-state index contributed by atoms with van der Waals surface area (Å²) in [5.41, 5.74) is 3.89. The summed E-state index contributed by atoms with van der Waals surface area (Å²) in [6.07, 6.45) is 4.97. The Kier molecular flexibility index (Phi) is 2.33. The fraction of sp³-hybridized carbons (Fsp3) is 0.0400. The molecule has 7 aromatic rings. The van der Waals surface area contributed by atoms with Crippen LogP contribution in [0.15, 0.2) is 73.1 Å². The molecule has 0 atom stereocenters. The monoisotopic (exact) mass is 344 g/mol. The summed E-state index contributed by atoms with van der Waals surface area (Å²) in [6.45, 7) is 0. The van der Waals surface area contributed by atoms with E-state index in [1.807, 2.05) is 12.4 Å². The van der Waals surface area contributed by atoms with Crippen molar-refractivity contribution in [2.24, 2.45) is 0 Å². The maximum absolute atomic E-state index is 3.42. The van der Waals surface area contributed by atoms with Crippen molar-refractivity contribution in [2.45, 2.75) is 6.42 Å². The fourth-order valence-electron chi connectivity index (χ4n) is 4.98. The number of H-pyrrole nitrogens is 2. The Morgan fingerprint density at radius 1 is 0.593 bits per heavy atom. The SMILES string of the molecule is c1c[nH]c(Cc2cc3ccc4cc5c6cc[nH]c6c5c5ccc(c2)c3c45)c1. The highest BCUT2D eigenvalue weighted by Crippen LogP contribution is 2.45. The largest absolute Gasteiger partial charge is 0.365 e. The molecule has 0 amide bonds. The molecule has 2 aromatic heterocycles. The Morgan fingerprint density at radius 3 is 2.22 bits per heavy atom. The van der Waals surface area contributed by atoms with Gasteiger partial charge in [-0.3, -0.25) is 0 Å². The zero-order valence-electron chi connectivity index (χ0n) is 14.6. The van der Waals surface area contributed by atoms with Crippen LogP contribution in [0.2, 0.25) is 0 Å². The molecule has 0 saturated carbocycles. The van der Waals surface area contributed by atoms with Gasteiger partial charge in [-0.05, 0) is 67.5 Å². The lowest BCUT2D eigenvalue weighted by Crippen LogP contribution is -1.92. The van der Waals surface area contributed by atoms with Crippen LogP contribution < -0.4 is 0 Å². The average molecular weight is 344 g/mol. The van der Waals surface area contributed by atoms with Crippen LogP contribution in [0.4, 0.5) is 0 Å². The van der Waals surface area contributed by atoms with Crippen LogP contribution in [-0.2, 0) is 6.42 Å². The lowest BCUT2D eigenvalue weighted by molar-refractivity contribution is 1.11. The smallest absolute Gasteiger partial charge is 0.0546 e. The summed E-state index contributed by atoms with van der Waals surface area (Å²) in [6, 6.07) is 22.6. The zero-order valence-corrected chi connectivity index (χ0v) is 14.6. The molecule has 2 heterocycles. The van der Waals surface area contributed by atoms with E-state index in [1.54, 1.807) is 0 Å². The van der Waals surface area contributed by atoms with Crippen molar-refractivity contribution < 1.29 is 0 Å². The molecule has 5 aromatic carbocycles. The Bertz CT molecular complexity index is 1560. The quantitative estimate of drug-likeness (QED) is 0.332. The van der Waals surface area contributed by atoms with Gasteiger partial charge in [0, 0.05) is 35.3 Å². The molecular formula is C25H16N2. The normalized spacial score (nSPS) is 12.6. The predicted molar refractivity (Wildman–Crippen MR) is 114 cm³/mol. The van der Waals surface area contributed by atoms with E-state index >= 15 is 0 Å². The second-order valence-corrected chi connectivity index (χ2v) is 7.63. The minimum atomic E-state index is 0.935. The second kappa shape index (κ2) is 4.60. The molecule has 7 rings (SSSR count). The van der Waals surface area contributed by atoms with Crippen LogP contribution in [0.5, 0.6) is 0 Å². The predicted octanol–water partition coefficient (Wildman–Crippen LogP) is 6.58. The van der Waals surface area contributed by atoms with Gasteiger partial charge in [-0.2, -0.15) is 0 Å². The summed E-state index contributed by atoms with van der Waals surface area (Å²) >= 11 is 0. The fourth-order valence-corrected chi connectivity index (χ4v) is 4.98. The van der Waals surface area contributed by atoms with Gasteiger partial charge in [-0.25, -0.2) is 0 Å². The van der Waals surface area contributed by atoms with Crippen molar-refractivity contribution in [2.75, 3.05) is 0 Å². The van der Waals surface area contributed by atoms with E-state index in [1.165, 1.54) is 65.3 Å². The third-order valence-corrected chi connectivity index (χ3v) is 6.12. The van der Waals surface area contributed by atoms with E-state index in [2.05, 4.69) is 70.6 Å². The summed E-state index contributed by atoms with van der Waals surface area (Å²) in [5, 5.41) is 12.3. The number of fused-ring (bicyclic) bond motifs is 5. The van der Waals surface area contributed by atoms with Crippen molar-refractivity contribution in [1.82, 2.24) is 9.97 Å². The first kappa shape index (κ1) is 13.7. The molecule has 0 radical (unpaired) electrons. The first-order valence-corrected chi connectivity index (χ1v) is 9.42. The minimum absolute atomic E-state index is 0.935. The number of hydrogen-bond acceptors (Lipinski definition) is 0. The van der Waals surface area contributed by atoms with Gasteiger partial charge in [0.25, 0.3) is 0 Å². The maximum Gasteiger partial charge on any atom is 0.0546 e. The molecule has 0 saturated heterocycles. The van der Waals surface area contributed by atoms with E-state index in [4.69, 9.17) is 0 Å². The highest BCUT2D eigenvalue weighted by molar-refractivity contribution is 6.38. The zero-order chi connectivity index (χ0) is 17.5. The van der Waals surface area contributed by atoms with E-state index in [-0.39, 0.29) is 0 Å². The van der Waals surface area contributed by atoms with Crippen molar-refractivity contribution in [3.05, 3.63) is 84.3 Å². The van der Waals surface area contributed by atoms with Crippen LogP contribution in [0, 0.1) is 0 Å². The Hall–Kier alpha value is -3.52. The lowest BCUT2D eigenvalue weighted by Gasteiger charge is -2.17. The van der Waals surface area contributed by atoms with Gasteiger partial charge >= 0.3 is 0 Å². The Balaban J connectivity index is 1.59. The Labute approximate surface area is 155 Å². The number of benzene rings is 4. The summed E-state index contributed by atoms with van der Waals surface area (Å²) in [7, 11) is 0. The van der Waals surface area contributed by atoms with E-state index in [9.17, 15) is 0 Å². The molecule has 27 heavy (non-hydrogen) atoms. The van der Waals surface area contributed by atoms with Gasteiger partial charge in [-0.15, -0.1) is 0 Å². The van der Waals surface area contributed by atoms with E-state index < -0.39 is 0 Å². The third-order valence-electron chi connectivity index (χ3n) is 6.12. The van der Waals surface area contributed by atoms with E-state index in [0.717, 1.165) is 6.42 Å². The molecule has 0 bridgehead atoms. The van der Waals surface area contributed by atoms with Gasteiger partial charge < -0.3 is 9.97 Å². The number of aromatic nitrogens is 2. The van der Waals surface area contributed by atoms with Crippen molar-refractivity contribution >= 4 is 54.0 Å². The van der Waals surface area contributed by atoms with Gasteiger partial charge in [0.15, 0.2) is 0 Å². The Morgan fingerprint density at radius 2 is 1.41 bits per heavy atom. The van der Waals surface area contributed by atoms with Gasteiger partial charge in [0.1, 0.15) is 0 Å². The molecule has 0 fully saturated rings. The molecule has 0 aliphatic heterocycles. The van der Waals surface area contributed by atoms with E-state index in [0.29, 0.717) is 0 Å². The topological polar surface area (TPSA) is 31.6 Å². The highest BCUT2D eigenvalue weighted by atomic mass is 14.7. The van der Waals surface area contributed by atoms with Crippen LogP contribution in [0.25, 0.3) is 54.0 Å². The van der Waals surface area contributed by atoms with Gasteiger partial charge in [0.05, 0.1) is 5.52 Å². The number of rotatable bonds is 2. The molecule has 0 aliphatic carbocycles. The number of hydrogen-bond donors (Lipinski definition) is 2. The van der Waals surface area contributed by atoms with Gasteiger partial charge in [-0.1, -0.05) is 36.4 Å². The van der Waals surface area contributed by atoms with Crippen LogP contribution >= 0.6 is 0 Å². The first-order chi connectivity index (χ1) is 13.4. The number of nitrogens with one attached hydrogen (secondary N) is 2. The second-order valence-electron chi connectivity index (χ2n) is 7.63. The molecule has 2 nitrogen and oxygen atoms in total. The van der Waals surface area contributed by atoms with Crippen molar-refractivity contribution in [3.63, 3.8) is 0 Å². The highest BCUT2D eigenvalue weighted by Gasteiger charge is 2.18. The molecule has 0 aliphatic rings. The average Bonchev–Trinajstić information content (AvgIpc) is 3.33. The summed E-state index contributed by atoms with van der Waals surface area (Å²) in [5.74, 6) is 0. The summed E-state index contributed by atoms with van der Waals surface area (Å²) < 4.78 is 0. The van der Waals surface area contributed by atoms with Crippen LogP contribution in [0.1, 0.15) is 11.3 Å². The van der Waals surface area contributed by atoms with Crippen molar-refractivity contribution in [3.8, 4) is 0 Å². The molecule has 0 unspecified atom stereocenters. The van der Waals surface area contributed by atoms with Gasteiger partial charge in [0.2, 0.25) is 0 Å². The third kappa shape index (κ3) is 1.65. The minimum Gasteiger partial charge on any atom is -0.365 e. The lowest BCUT2D eigenvalue weighted by atomic mass is 9.87. The molecule has 2 heteroatoms. The molecular weight excluding hydrogens is 328 g/mol. The molecule has 126 valence electrons. The van der Waals surface area contributed by atoms with Crippen molar-refractivity contribution in [1.29, 1.82) is 0 Å². The summed E-state index contributed by atoms with van der Waals surface area (Å²) in [4.78, 5) is 6.74. The van der Waals surface area contributed by atoms with Crippen LogP contribution in [0.3, 0.4) is 0 Å². The standard InChI is InChI=1S/C25H16N2/c1-2-18(26-8-1)12-14-10-15-3-4-17-13-21-19-7-9-27-25(19)24(21)20-6-5-16(11-14)22(15)23(17)20/h1-11,13,26-27H,12H2. The first-order valence-electron chi connectivity index (χ1n) is 9.42. The molecule has 0 spiro atoms. The maximum atomic E-state index is 3.42. The number of aromatic amines is 2. The van der Waals surface area contributed by atoms with Crippen LogP contribution in [-0.4, -0.2) is 9.97 Å².